The molecule has 0 N–H and O–H groups in total. The molecule has 1 aromatic heterocycles. The molecular formula is C14H17BrN2O3S. The number of hydrogen-bond donors (Lipinski definition) is 0. The largest absolute Gasteiger partial charge is 0.368 e. The van der Waals surface area contributed by atoms with Crippen molar-refractivity contribution in [3.8, 4) is 0 Å². The lowest BCUT2D eigenvalue weighted by atomic mass is 10.2. The number of carbonyl (C=O) groups is 2. The Bertz CT molecular complexity index is 534. The average Bonchev–Trinajstić information content (AvgIpc) is 3.17. The molecule has 2 aliphatic rings. The van der Waals surface area contributed by atoms with Crippen LogP contribution in [0, 0.1) is 0 Å². The molecule has 3 heterocycles. The second kappa shape index (κ2) is 6.46. The van der Waals surface area contributed by atoms with Crippen molar-refractivity contribution < 1.29 is 14.3 Å². The molecule has 1 atom stereocenters. The topological polar surface area (TPSA) is 49.9 Å². The number of rotatable bonds is 2. The van der Waals surface area contributed by atoms with Crippen molar-refractivity contribution in [3.63, 3.8) is 0 Å². The van der Waals surface area contributed by atoms with Gasteiger partial charge in [-0.1, -0.05) is 0 Å². The standard InChI is InChI=1S/C14H17BrN2O3S/c15-12-8-10(9-21-12)13(18)16-3-5-17(6-4-16)14(19)11-2-1-7-20-11/h8-9,11H,1-7H2. The van der Waals surface area contributed by atoms with Crippen LogP contribution in [0.15, 0.2) is 15.2 Å². The number of amides is 2. The molecule has 2 aliphatic heterocycles. The van der Waals surface area contributed by atoms with Crippen LogP contribution in [0.2, 0.25) is 0 Å². The van der Waals surface area contributed by atoms with Crippen LogP contribution in [0.3, 0.4) is 0 Å². The quantitative estimate of drug-likeness (QED) is 0.797. The third-order valence-electron chi connectivity index (χ3n) is 3.90. The molecule has 7 heteroatoms. The fourth-order valence-electron chi connectivity index (χ4n) is 2.71. The van der Waals surface area contributed by atoms with Gasteiger partial charge in [0, 0.05) is 38.2 Å². The number of nitrogens with zero attached hydrogens (tertiary/aromatic N) is 2. The molecule has 0 saturated carbocycles. The summed E-state index contributed by atoms with van der Waals surface area (Å²) < 4.78 is 6.40. The zero-order chi connectivity index (χ0) is 14.8. The lowest BCUT2D eigenvalue weighted by Gasteiger charge is -2.35. The lowest BCUT2D eigenvalue weighted by molar-refractivity contribution is -0.142. The Balaban J connectivity index is 1.55. The minimum absolute atomic E-state index is 0.0427. The summed E-state index contributed by atoms with van der Waals surface area (Å²) in [6.45, 7) is 3.04. The molecule has 0 radical (unpaired) electrons. The molecule has 2 saturated heterocycles. The van der Waals surface area contributed by atoms with Crippen molar-refractivity contribution >= 4 is 39.1 Å². The Morgan fingerprint density at radius 3 is 2.52 bits per heavy atom. The molecule has 0 spiro atoms. The van der Waals surface area contributed by atoms with E-state index in [0.29, 0.717) is 38.3 Å². The van der Waals surface area contributed by atoms with E-state index in [1.54, 1.807) is 0 Å². The van der Waals surface area contributed by atoms with Gasteiger partial charge in [-0.15, -0.1) is 11.3 Å². The van der Waals surface area contributed by atoms with E-state index in [2.05, 4.69) is 15.9 Å². The SMILES string of the molecule is O=C(c1csc(Br)c1)N1CCN(C(=O)C2CCCO2)CC1. The highest BCUT2D eigenvalue weighted by atomic mass is 79.9. The molecule has 0 bridgehead atoms. The third-order valence-corrected chi connectivity index (χ3v) is 5.40. The Morgan fingerprint density at radius 1 is 1.24 bits per heavy atom. The Kier molecular flexibility index (Phi) is 4.61. The summed E-state index contributed by atoms with van der Waals surface area (Å²) >= 11 is 4.88. The maximum absolute atomic E-state index is 12.3. The second-order valence-electron chi connectivity index (χ2n) is 5.26. The van der Waals surface area contributed by atoms with E-state index in [-0.39, 0.29) is 17.9 Å². The lowest BCUT2D eigenvalue weighted by Crippen LogP contribution is -2.52. The van der Waals surface area contributed by atoms with Gasteiger partial charge in [0.25, 0.3) is 11.8 Å². The fourth-order valence-corrected chi connectivity index (χ4v) is 3.84. The number of ether oxygens (including phenoxy) is 1. The molecule has 2 fully saturated rings. The predicted molar refractivity (Wildman–Crippen MR) is 83.5 cm³/mol. The van der Waals surface area contributed by atoms with E-state index in [4.69, 9.17) is 4.74 Å². The summed E-state index contributed by atoms with van der Waals surface area (Å²) in [7, 11) is 0. The monoisotopic (exact) mass is 372 g/mol. The molecule has 2 amide bonds. The fraction of sp³-hybridized carbons (Fsp3) is 0.571. The first kappa shape index (κ1) is 15.0. The van der Waals surface area contributed by atoms with Gasteiger partial charge in [0.05, 0.1) is 9.35 Å². The minimum atomic E-state index is -0.264. The molecular weight excluding hydrogens is 356 g/mol. The molecule has 0 aliphatic carbocycles. The highest BCUT2D eigenvalue weighted by Gasteiger charge is 2.31. The van der Waals surface area contributed by atoms with Gasteiger partial charge in [-0.25, -0.2) is 0 Å². The molecule has 114 valence electrons. The van der Waals surface area contributed by atoms with E-state index < -0.39 is 0 Å². The predicted octanol–water partition coefficient (Wildman–Crippen LogP) is 1.97. The van der Waals surface area contributed by atoms with Crippen LogP contribution in [-0.2, 0) is 9.53 Å². The van der Waals surface area contributed by atoms with E-state index in [0.717, 1.165) is 16.6 Å². The summed E-state index contributed by atoms with van der Waals surface area (Å²) in [6.07, 6.45) is 1.52. The zero-order valence-corrected chi connectivity index (χ0v) is 14.0. The third kappa shape index (κ3) is 3.30. The van der Waals surface area contributed by atoms with Gasteiger partial charge < -0.3 is 14.5 Å². The highest BCUT2D eigenvalue weighted by Crippen LogP contribution is 2.22. The number of piperazine rings is 1. The van der Waals surface area contributed by atoms with Gasteiger partial charge in [0.15, 0.2) is 0 Å². The van der Waals surface area contributed by atoms with Crippen LogP contribution >= 0.6 is 27.3 Å². The summed E-state index contributed by atoms with van der Waals surface area (Å²) in [5.41, 5.74) is 0.714. The van der Waals surface area contributed by atoms with Crippen LogP contribution < -0.4 is 0 Å². The van der Waals surface area contributed by atoms with Crippen molar-refractivity contribution in [2.24, 2.45) is 0 Å². The van der Waals surface area contributed by atoms with Gasteiger partial charge in [-0.2, -0.15) is 0 Å². The zero-order valence-electron chi connectivity index (χ0n) is 11.6. The molecule has 1 aromatic rings. The summed E-state index contributed by atoms with van der Waals surface area (Å²) in [6, 6.07) is 1.84. The van der Waals surface area contributed by atoms with Crippen LogP contribution in [0.5, 0.6) is 0 Å². The van der Waals surface area contributed by atoms with Crippen LogP contribution in [-0.4, -0.2) is 60.5 Å². The number of hydrogen-bond acceptors (Lipinski definition) is 4. The summed E-state index contributed by atoms with van der Waals surface area (Å²) in [5.74, 6) is 0.124. The molecule has 5 nitrogen and oxygen atoms in total. The van der Waals surface area contributed by atoms with E-state index >= 15 is 0 Å². The van der Waals surface area contributed by atoms with E-state index in [1.165, 1.54) is 11.3 Å². The van der Waals surface area contributed by atoms with Crippen molar-refractivity contribution in [2.45, 2.75) is 18.9 Å². The van der Waals surface area contributed by atoms with Crippen LogP contribution in [0.25, 0.3) is 0 Å². The maximum Gasteiger partial charge on any atom is 0.254 e. The Labute approximate surface area is 136 Å². The van der Waals surface area contributed by atoms with Gasteiger partial charge in [-0.05, 0) is 34.8 Å². The summed E-state index contributed by atoms with van der Waals surface area (Å²) in [5, 5.41) is 1.86. The highest BCUT2D eigenvalue weighted by molar-refractivity contribution is 9.11. The van der Waals surface area contributed by atoms with Crippen molar-refractivity contribution in [2.75, 3.05) is 32.8 Å². The van der Waals surface area contributed by atoms with Crippen LogP contribution in [0.4, 0.5) is 0 Å². The van der Waals surface area contributed by atoms with Gasteiger partial charge in [0.2, 0.25) is 0 Å². The number of carbonyl (C=O) groups excluding carboxylic acids is 2. The van der Waals surface area contributed by atoms with Gasteiger partial charge in [0.1, 0.15) is 6.10 Å². The van der Waals surface area contributed by atoms with Gasteiger partial charge in [-0.3, -0.25) is 9.59 Å². The Morgan fingerprint density at radius 2 is 1.95 bits per heavy atom. The average molecular weight is 373 g/mol. The second-order valence-corrected chi connectivity index (χ2v) is 7.55. The van der Waals surface area contributed by atoms with Gasteiger partial charge >= 0.3 is 0 Å². The first-order valence-electron chi connectivity index (χ1n) is 7.09. The maximum atomic E-state index is 12.3. The first-order valence-corrected chi connectivity index (χ1v) is 8.76. The smallest absolute Gasteiger partial charge is 0.254 e. The number of halogens is 1. The van der Waals surface area contributed by atoms with E-state index in [1.807, 2.05) is 21.2 Å². The molecule has 3 rings (SSSR count). The molecule has 1 unspecified atom stereocenters. The first-order chi connectivity index (χ1) is 10.1. The van der Waals surface area contributed by atoms with Crippen LogP contribution in [0.1, 0.15) is 23.2 Å². The normalized spacial score (nSPS) is 22.6. The Hall–Kier alpha value is -0.920. The molecule has 21 heavy (non-hydrogen) atoms. The minimum Gasteiger partial charge on any atom is -0.368 e. The number of thiophene rings is 1. The molecule has 0 aromatic carbocycles. The summed E-state index contributed by atoms with van der Waals surface area (Å²) in [4.78, 5) is 28.2. The van der Waals surface area contributed by atoms with Crippen molar-refractivity contribution in [1.29, 1.82) is 0 Å². The van der Waals surface area contributed by atoms with Crippen molar-refractivity contribution in [1.82, 2.24) is 9.80 Å². The van der Waals surface area contributed by atoms with E-state index in [9.17, 15) is 9.59 Å². The van der Waals surface area contributed by atoms with Crippen molar-refractivity contribution in [3.05, 3.63) is 20.8 Å².